The van der Waals surface area contributed by atoms with Crippen molar-refractivity contribution in [2.45, 2.75) is 18.8 Å². The van der Waals surface area contributed by atoms with Crippen molar-refractivity contribution in [1.82, 2.24) is 9.97 Å². The molecule has 19 heavy (non-hydrogen) atoms. The Hall–Kier alpha value is -2.68. The largest absolute Gasteiger partial charge is 0.550 e. The van der Waals surface area contributed by atoms with Crippen LogP contribution in [0.15, 0.2) is 24.3 Å². The fraction of sp³-hybridized carbons (Fsp3) is 0.231. The van der Waals surface area contributed by atoms with E-state index in [9.17, 15) is 14.7 Å². The number of hydrogen-bond donors (Lipinski definition) is 1. The lowest BCUT2D eigenvalue weighted by atomic mass is 10.0. The van der Waals surface area contributed by atoms with Gasteiger partial charge in [0.05, 0.1) is 17.1 Å². The van der Waals surface area contributed by atoms with Gasteiger partial charge in [-0.3, -0.25) is 4.79 Å². The highest BCUT2D eigenvalue weighted by molar-refractivity contribution is 5.90. The highest BCUT2D eigenvalue weighted by atomic mass is 16.4. The lowest BCUT2D eigenvalue weighted by molar-refractivity contribution is -0.305. The van der Waals surface area contributed by atoms with Gasteiger partial charge in [-0.2, -0.15) is 5.26 Å². The van der Waals surface area contributed by atoms with Gasteiger partial charge in [0.1, 0.15) is 5.82 Å². The van der Waals surface area contributed by atoms with Crippen LogP contribution in [-0.4, -0.2) is 21.7 Å². The molecule has 1 aromatic heterocycles. The van der Waals surface area contributed by atoms with E-state index < -0.39 is 24.1 Å². The van der Waals surface area contributed by atoms with Crippen LogP contribution in [0.3, 0.4) is 0 Å². The second-order valence-corrected chi connectivity index (χ2v) is 4.04. The SMILES string of the molecule is N#C[C@H](C(=O)CCC(=O)[O-])c1nc2ccccc2[nH]1. The van der Waals surface area contributed by atoms with Crippen LogP contribution in [0.2, 0.25) is 0 Å². The Kier molecular flexibility index (Phi) is 3.57. The van der Waals surface area contributed by atoms with E-state index in [2.05, 4.69) is 9.97 Å². The summed E-state index contributed by atoms with van der Waals surface area (Å²) in [6.07, 6.45) is -0.630. The molecule has 1 N–H and O–H groups in total. The smallest absolute Gasteiger partial charge is 0.162 e. The number of nitrogens with one attached hydrogen (secondary N) is 1. The van der Waals surface area contributed by atoms with Gasteiger partial charge in [0, 0.05) is 12.4 Å². The summed E-state index contributed by atoms with van der Waals surface area (Å²) in [5, 5.41) is 19.4. The molecule has 6 nitrogen and oxygen atoms in total. The molecule has 0 bridgehead atoms. The predicted octanol–water partition coefficient (Wildman–Crippen LogP) is 0.269. The number of carbonyl (C=O) groups excluding carboxylic acids is 2. The third-order valence-electron chi connectivity index (χ3n) is 2.71. The van der Waals surface area contributed by atoms with E-state index in [4.69, 9.17) is 5.26 Å². The number of rotatable bonds is 5. The molecule has 0 saturated heterocycles. The number of benzene rings is 1. The van der Waals surface area contributed by atoms with Crippen molar-refractivity contribution in [3.63, 3.8) is 0 Å². The topological polar surface area (TPSA) is 110 Å². The first-order valence-corrected chi connectivity index (χ1v) is 5.68. The average molecular weight is 256 g/mol. The van der Waals surface area contributed by atoms with E-state index in [-0.39, 0.29) is 12.2 Å². The molecule has 2 aromatic rings. The number of aromatic amines is 1. The zero-order valence-corrected chi connectivity index (χ0v) is 9.92. The first kappa shape index (κ1) is 12.8. The fourth-order valence-corrected chi connectivity index (χ4v) is 1.76. The number of Topliss-reactive ketones (excluding diaryl/α,β-unsaturated/α-hetero) is 1. The first-order chi connectivity index (χ1) is 9.11. The van der Waals surface area contributed by atoms with Crippen molar-refractivity contribution in [2.75, 3.05) is 0 Å². The van der Waals surface area contributed by atoms with Crippen molar-refractivity contribution in [3.05, 3.63) is 30.1 Å². The van der Waals surface area contributed by atoms with Gasteiger partial charge in [0.25, 0.3) is 0 Å². The Bertz CT molecular complexity index is 636. The van der Waals surface area contributed by atoms with Crippen molar-refractivity contribution in [2.24, 2.45) is 0 Å². The normalized spacial score (nSPS) is 11.9. The molecule has 0 spiro atoms. The van der Waals surface area contributed by atoms with Crippen LogP contribution in [0.1, 0.15) is 24.6 Å². The standard InChI is InChI=1S/C13H11N3O3/c14-7-8(11(17)5-6-12(18)19)13-15-9-3-1-2-4-10(9)16-13/h1-4,8H,5-6H2,(H,15,16)(H,18,19)/p-1/t8-/m1/s1. The summed E-state index contributed by atoms with van der Waals surface area (Å²) >= 11 is 0. The van der Waals surface area contributed by atoms with E-state index in [1.165, 1.54) is 0 Å². The number of ketones is 1. The van der Waals surface area contributed by atoms with Gasteiger partial charge in [-0.15, -0.1) is 0 Å². The van der Waals surface area contributed by atoms with Crippen LogP contribution in [0.5, 0.6) is 0 Å². The van der Waals surface area contributed by atoms with Gasteiger partial charge in [-0.1, -0.05) is 12.1 Å². The molecule has 0 amide bonds. The summed E-state index contributed by atoms with van der Waals surface area (Å²) in [5.74, 6) is -2.63. The average Bonchev–Trinajstić information content (AvgIpc) is 2.80. The van der Waals surface area contributed by atoms with Crippen LogP contribution in [0.25, 0.3) is 11.0 Å². The number of para-hydroxylation sites is 2. The summed E-state index contributed by atoms with van der Waals surface area (Å²) in [4.78, 5) is 29.2. The van der Waals surface area contributed by atoms with Gasteiger partial charge in [-0.25, -0.2) is 4.98 Å². The molecule has 6 heteroatoms. The minimum Gasteiger partial charge on any atom is -0.550 e. The maximum absolute atomic E-state index is 11.8. The molecule has 0 fully saturated rings. The zero-order chi connectivity index (χ0) is 13.8. The Morgan fingerprint density at radius 2 is 2.11 bits per heavy atom. The van der Waals surface area contributed by atoms with Crippen LogP contribution < -0.4 is 5.11 Å². The molecular weight excluding hydrogens is 246 g/mol. The summed E-state index contributed by atoms with van der Waals surface area (Å²) in [6.45, 7) is 0. The molecule has 2 rings (SSSR count). The van der Waals surface area contributed by atoms with Crippen LogP contribution in [-0.2, 0) is 9.59 Å². The van der Waals surface area contributed by atoms with E-state index in [0.717, 1.165) is 5.52 Å². The monoisotopic (exact) mass is 256 g/mol. The maximum Gasteiger partial charge on any atom is 0.162 e. The third-order valence-corrected chi connectivity index (χ3v) is 2.71. The number of carboxylic acid groups (broad SMARTS) is 1. The molecule has 0 aliphatic rings. The molecule has 1 aromatic carbocycles. The van der Waals surface area contributed by atoms with Crippen LogP contribution in [0.4, 0.5) is 0 Å². The number of nitrogens with zero attached hydrogens (tertiary/aromatic N) is 2. The van der Waals surface area contributed by atoms with Crippen LogP contribution in [0, 0.1) is 11.3 Å². The van der Waals surface area contributed by atoms with Crippen molar-refractivity contribution >= 4 is 22.8 Å². The minimum absolute atomic E-state index is 0.238. The summed E-state index contributed by atoms with van der Waals surface area (Å²) < 4.78 is 0. The Balaban J connectivity index is 2.24. The number of imidazole rings is 1. The van der Waals surface area contributed by atoms with Gasteiger partial charge >= 0.3 is 0 Å². The molecule has 0 radical (unpaired) electrons. The lowest BCUT2D eigenvalue weighted by Crippen LogP contribution is -2.24. The Morgan fingerprint density at radius 1 is 1.37 bits per heavy atom. The van der Waals surface area contributed by atoms with Gasteiger partial charge in [0.2, 0.25) is 0 Å². The summed E-state index contributed by atoms with van der Waals surface area (Å²) in [7, 11) is 0. The quantitative estimate of drug-likeness (QED) is 0.825. The van der Waals surface area contributed by atoms with Gasteiger partial charge < -0.3 is 14.9 Å². The predicted molar refractivity (Wildman–Crippen MR) is 63.7 cm³/mol. The molecule has 0 saturated carbocycles. The number of aliphatic carboxylic acids is 1. The maximum atomic E-state index is 11.8. The van der Waals surface area contributed by atoms with E-state index >= 15 is 0 Å². The number of hydrogen-bond acceptors (Lipinski definition) is 5. The number of carbonyl (C=O) groups is 2. The first-order valence-electron chi connectivity index (χ1n) is 5.68. The number of carboxylic acids is 1. The lowest BCUT2D eigenvalue weighted by Gasteiger charge is -2.05. The number of nitriles is 1. The van der Waals surface area contributed by atoms with E-state index in [1.54, 1.807) is 18.2 Å². The third kappa shape index (κ3) is 2.77. The molecule has 0 aliphatic heterocycles. The highest BCUT2D eigenvalue weighted by Gasteiger charge is 2.23. The second kappa shape index (κ2) is 5.31. The molecule has 1 heterocycles. The zero-order valence-electron chi connectivity index (χ0n) is 9.92. The summed E-state index contributed by atoms with van der Waals surface area (Å²) in [6, 6.07) is 9.00. The van der Waals surface area contributed by atoms with Crippen molar-refractivity contribution in [1.29, 1.82) is 5.26 Å². The number of H-pyrrole nitrogens is 1. The van der Waals surface area contributed by atoms with Crippen LogP contribution >= 0.6 is 0 Å². The van der Waals surface area contributed by atoms with Crippen molar-refractivity contribution in [3.8, 4) is 6.07 Å². The molecule has 0 unspecified atom stereocenters. The second-order valence-electron chi connectivity index (χ2n) is 4.04. The highest BCUT2D eigenvalue weighted by Crippen LogP contribution is 2.19. The van der Waals surface area contributed by atoms with Gasteiger partial charge in [0.15, 0.2) is 11.7 Å². The van der Waals surface area contributed by atoms with E-state index in [1.807, 2.05) is 12.1 Å². The minimum atomic E-state index is -1.31. The number of aromatic nitrogens is 2. The van der Waals surface area contributed by atoms with Gasteiger partial charge in [-0.05, 0) is 18.6 Å². The van der Waals surface area contributed by atoms with Crippen molar-refractivity contribution < 1.29 is 14.7 Å². The fourth-order valence-electron chi connectivity index (χ4n) is 1.76. The van der Waals surface area contributed by atoms with E-state index in [0.29, 0.717) is 5.52 Å². The molecule has 96 valence electrons. The molecule has 1 atom stereocenters. The number of fused-ring (bicyclic) bond motifs is 1. The molecular formula is C13H10N3O3-. The molecule has 0 aliphatic carbocycles. The summed E-state index contributed by atoms with van der Waals surface area (Å²) in [5.41, 5.74) is 1.39. The Morgan fingerprint density at radius 3 is 2.74 bits per heavy atom. The Labute approximate surface area is 108 Å².